The summed E-state index contributed by atoms with van der Waals surface area (Å²) in [5, 5.41) is 14.6. The molecule has 0 N–H and O–H groups in total. The Labute approximate surface area is 245 Å². The number of rotatable bonds is 9. The van der Waals surface area contributed by atoms with Gasteiger partial charge < -0.3 is 9.15 Å². The number of benzene rings is 5. The van der Waals surface area contributed by atoms with Crippen LogP contribution < -0.4 is 14.8 Å². The van der Waals surface area contributed by atoms with Crippen LogP contribution in [0.25, 0.3) is 11.0 Å². The number of anilines is 4. The first-order chi connectivity index (χ1) is 20.7. The van der Waals surface area contributed by atoms with Crippen molar-refractivity contribution in [2.45, 2.75) is 6.92 Å². The fourth-order valence-corrected chi connectivity index (χ4v) is 4.69. The van der Waals surface area contributed by atoms with E-state index in [0.29, 0.717) is 17.1 Å². The minimum absolute atomic E-state index is 0.627. The zero-order valence-electron chi connectivity index (χ0n) is 23.5. The molecule has 0 aliphatic rings. The molecular formula is C36H30N4O2. The molecule has 0 fully saturated rings. The van der Waals surface area contributed by atoms with Crippen molar-refractivity contribution < 1.29 is 9.15 Å². The number of nitrogens with zero attached hydrogens (tertiary/aromatic N) is 4. The van der Waals surface area contributed by atoms with Gasteiger partial charge in [0.15, 0.2) is 17.1 Å². The third kappa shape index (κ3) is 5.78. The van der Waals surface area contributed by atoms with E-state index in [1.165, 1.54) is 0 Å². The van der Waals surface area contributed by atoms with Crippen LogP contribution in [-0.2, 0) is 0 Å². The fraction of sp³-hybridized carbons (Fsp3) is 0.0556. The first-order valence-corrected chi connectivity index (χ1v) is 13.7. The van der Waals surface area contributed by atoms with Crippen LogP contribution in [-0.4, -0.2) is 19.0 Å². The van der Waals surface area contributed by atoms with Gasteiger partial charge in [-0.2, -0.15) is 10.2 Å². The highest BCUT2D eigenvalue weighted by molar-refractivity contribution is 6.02. The van der Waals surface area contributed by atoms with Gasteiger partial charge in [0.1, 0.15) is 5.71 Å². The normalized spacial score (nSPS) is 11.6. The van der Waals surface area contributed by atoms with Crippen molar-refractivity contribution in [3.63, 3.8) is 0 Å². The van der Waals surface area contributed by atoms with E-state index >= 15 is 0 Å². The largest absolute Gasteiger partial charge is 0.493 e. The first kappa shape index (κ1) is 26.6. The highest BCUT2D eigenvalue weighted by Gasteiger charge is 2.15. The van der Waals surface area contributed by atoms with E-state index in [4.69, 9.17) is 19.4 Å². The van der Waals surface area contributed by atoms with E-state index in [0.717, 1.165) is 39.4 Å². The number of methoxy groups -OCH3 is 1. The van der Waals surface area contributed by atoms with E-state index in [2.05, 4.69) is 0 Å². The van der Waals surface area contributed by atoms with Gasteiger partial charge in [0, 0.05) is 5.39 Å². The molecule has 206 valence electrons. The van der Waals surface area contributed by atoms with Gasteiger partial charge in [-0.25, -0.2) is 10.0 Å². The Bertz CT molecular complexity index is 1740. The molecule has 5 aromatic carbocycles. The summed E-state index contributed by atoms with van der Waals surface area (Å²) < 4.78 is 12.0. The number of hydrogen-bond donors (Lipinski definition) is 0. The maximum Gasteiger partial charge on any atom is 0.176 e. The molecule has 1 aromatic heterocycles. The maximum atomic E-state index is 6.31. The summed E-state index contributed by atoms with van der Waals surface area (Å²) >= 11 is 0. The average Bonchev–Trinajstić information content (AvgIpc) is 3.50. The fourth-order valence-electron chi connectivity index (χ4n) is 4.69. The molecule has 0 amide bonds. The second kappa shape index (κ2) is 12.3. The lowest BCUT2D eigenvalue weighted by molar-refractivity contribution is 0.410. The van der Waals surface area contributed by atoms with Gasteiger partial charge in [-0.05, 0) is 79.2 Å². The minimum atomic E-state index is 0.627. The molecule has 42 heavy (non-hydrogen) atoms. The summed E-state index contributed by atoms with van der Waals surface area (Å²) in [5.74, 6) is 1.28. The Morgan fingerprint density at radius 1 is 0.643 bits per heavy atom. The zero-order chi connectivity index (χ0) is 28.7. The molecule has 6 aromatic rings. The number of hydrazone groups is 2. The molecule has 0 unspecified atom stereocenters. The second-order valence-electron chi connectivity index (χ2n) is 9.65. The predicted molar refractivity (Wildman–Crippen MR) is 173 cm³/mol. The van der Waals surface area contributed by atoms with Gasteiger partial charge in [-0.3, -0.25) is 0 Å². The average molecular weight is 551 g/mol. The highest BCUT2D eigenvalue weighted by Crippen LogP contribution is 2.32. The standard InChI is InChI=1S/C36H30N4O2/c1-27(38-40(32-19-11-5-12-20-32)33-21-13-6-14-22-33)34-25-29-23-28(24-35(41-2)36(29)42-34)26-37-39(30-15-7-3-8-16-30)31-17-9-4-10-18-31/h3-26H,1-2H3. The third-order valence-electron chi connectivity index (χ3n) is 6.76. The molecule has 6 nitrogen and oxygen atoms in total. The quantitative estimate of drug-likeness (QED) is 0.133. The van der Waals surface area contributed by atoms with Crippen molar-refractivity contribution in [3.8, 4) is 5.75 Å². The van der Waals surface area contributed by atoms with Crippen LogP contribution in [0.1, 0.15) is 18.2 Å². The predicted octanol–water partition coefficient (Wildman–Crippen LogP) is 9.18. The van der Waals surface area contributed by atoms with E-state index in [9.17, 15) is 0 Å². The summed E-state index contributed by atoms with van der Waals surface area (Å²) in [5.41, 5.74) is 6.11. The highest BCUT2D eigenvalue weighted by atomic mass is 16.5. The molecular weight excluding hydrogens is 520 g/mol. The minimum Gasteiger partial charge on any atom is -0.493 e. The van der Waals surface area contributed by atoms with Gasteiger partial charge in [0.25, 0.3) is 0 Å². The van der Waals surface area contributed by atoms with Gasteiger partial charge in [-0.1, -0.05) is 72.8 Å². The number of fused-ring (bicyclic) bond motifs is 1. The SMILES string of the molecule is COc1cc(C=NN(c2ccccc2)c2ccccc2)cc2cc(C(C)=NN(c3ccccc3)c3ccccc3)oc12. The first-order valence-electron chi connectivity index (χ1n) is 13.7. The number of hydrogen-bond acceptors (Lipinski definition) is 6. The lowest BCUT2D eigenvalue weighted by Crippen LogP contribution is -2.12. The van der Waals surface area contributed by atoms with Crippen molar-refractivity contribution >= 4 is 45.6 Å². The van der Waals surface area contributed by atoms with E-state index in [-0.39, 0.29) is 0 Å². The molecule has 0 saturated carbocycles. The summed E-state index contributed by atoms with van der Waals surface area (Å²) in [6, 6.07) is 46.2. The molecule has 0 aliphatic heterocycles. The zero-order valence-corrected chi connectivity index (χ0v) is 23.5. The maximum absolute atomic E-state index is 6.31. The lowest BCUT2D eigenvalue weighted by atomic mass is 10.1. The summed E-state index contributed by atoms with van der Waals surface area (Å²) in [7, 11) is 1.64. The van der Waals surface area contributed by atoms with Crippen LogP contribution in [0.4, 0.5) is 22.7 Å². The Balaban J connectivity index is 1.36. The third-order valence-corrected chi connectivity index (χ3v) is 6.76. The Morgan fingerprint density at radius 2 is 1.12 bits per heavy atom. The van der Waals surface area contributed by atoms with Crippen molar-refractivity contribution in [3.05, 3.63) is 151 Å². The smallest absolute Gasteiger partial charge is 0.176 e. The number of furan rings is 1. The molecule has 0 aliphatic carbocycles. The topological polar surface area (TPSA) is 53.6 Å². The second-order valence-corrected chi connectivity index (χ2v) is 9.65. The summed E-state index contributed by atoms with van der Waals surface area (Å²) in [6.07, 6.45) is 1.84. The van der Waals surface area contributed by atoms with Gasteiger partial charge in [0.2, 0.25) is 0 Å². The molecule has 0 atom stereocenters. The Hall–Kier alpha value is -5.62. The van der Waals surface area contributed by atoms with Crippen molar-refractivity contribution in [2.24, 2.45) is 10.2 Å². The van der Waals surface area contributed by atoms with Crippen LogP contribution in [0.5, 0.6) is 5.75 Å². The molecule has 6 heteroatoms. The monoisotopic (exact) mass is 550 g/mol. The van der Waals surface area contributed by atoms with Crippen molar-refractivity contribution in [1.82, 2.24) is 0 Å². The number of ether oxygens (including phenoxy) is 1. The van der Waals surface area contributed by atoms with Crippen LogP contribution in [0.2, 0.25) is 0 Å². The molecule has 6 rings (SSSR count). The van der Waals surface area contributed by atoms with E-state index in [1.54, 1.807) is 7.11 Å². The molecule has 0 saturated heterocycles. The lowest BCUT2D eigenvalue weighted by Gasteiger charge is -2.20. The molecule has 1 heterocycles. The van der Waals surface area contributed by atoms with Gasteiger partial charge in [0.05, 0.1) is 36.1 Å². The van der Waals surface area contributed by atoms with Gasteiger partial charge >= 0.3 is 0 Å². The number of para-hydroxylation sites is 4. The summed E-state index contributed by atoms with van der Waals surface area (Å²) in [4.78, 5) is 0. The molecule has 0 spiro atoms. The van der Waals surface area contributed by atoms with Gasteiger partial charge in [-0.15, -0.1) is 0 Å². The van der Waals surface area contributed by atoms with E-state index in [1.807, 2.05) is 163 Å². The van der Waals surface area contributed by atoms with Crippen LogP contribution in [0.3, 0.4) is 0 Å². The van der Waals surface area contributed by atoms with Crippen LogP contribution in [0, 0.1) is 0 Å². The Morgan fingerprint density at radius 3 is 1.60 bits per heavy atom. The molecule has 0 radical (unpaired) electrons. The Kier molecular flexibility index (Phi) is 7.77. The van der Waals surface area contributed by atoms with Crippen LogP contribution in [0.15, 0.2) is 154 Å². The van der Waals surface area contributed by atoms with Crippen LogP contribution >= 0.6 is 0 Å². The van der Waals surface area contributed by atoms with Crippen molar-refractivity contribution in [1.29, 1.82) is 0 Å². The molecule has 0 bridgehead atoms. The van der Waals surface area contributed by atoms with E-state index < -0.39 is 0 Å². The summed E-state index contributed by atoms with van der Waals surface area (Å²) in [6.45, 7) is 1.95. The van der Waals surface area contributed by atoms with Crippen molar-refractivity contribution in [2.75, 3.05) is 17.1 Å².